The van der Waals surface area contributed by atoms with E-state index in [9.17, 15) is 14.7 Å². The van der Waals surface area contributed by atoms with E-state index in [2.05, 4.69) is 0 Å². The highest BCUT2D eigenvalue weighted by Crippen LogP contribution is 2.40. The van der Waals surface area contributed by atoms with Gasteiger partial charge in [0.1, 0.15) is 17.3 Å². The minimum atomic E-state index is -0.733. The third kappa shape index (κ3) is 4.16. The van der Waals surface area contributed by atoms with E-state index in [-0.39, 0.29) is 11.3 Å². The SMILES string of the molecule is COCCCN1C(=O)C(=O)/C(=C(/O)c2cccc(OC)c2)C1c1cccc(OC)c1. The second kappa shape index (κ2) is 9.45. The lowest BCUT2D eigenvalue weighted by molar-refractivity contribution is -0.140. The molecule has 1 atom stereocenters. The third-order valence-corrected chi connectivity index (χ3v) is 5.04. The van der Waals surface area contributed by atoms with Crippen molar-refractivity contribution in [1.82, 2.24) is 4.90 Å². The summed E-state index contributed by atoms with van der Waals surface area (Å²) in [6.45, 7) is 0.763. The van der Waals surface area contributed by atoms with Crippen LogP contribution in [0.5, 0.6) is 11.5 Å². The van der Waals surface area contributed by atoms with Crippen LogP contribution in [0.25, 0.3) is 5.76 Å². The molecule has 0 saturated carbocycles. The lowest BCUT2D eigenvalue weighted by atomic mass is 9.95. The number of nitrogens with zero attached hydrogens (tertiary/aromatic N) is 1. The fourth-order valence-electron chi connectivity index (χ4n) is 3.57. The molecule has 0 spiro atoms. The molecule has 1 amide bonds. The number of ketones is 1. The normalized spacial score (nSPS) is 18.0. The predicted molar refractivity (Wildman–Crippen MR) is 111 cm³/mol. The van der Waals surface area contributed by atoms with Gasteiger partial charge in [-0.3, -0.25) is 9.59 Å². The minimum Gasteiger partial charge on any atom is -0.507 e. The monoisotopic (exact) mass is 411 g/mol. The summed E-state index contributed by atoms with van der Waals surface area (Å²) >= 11 is 0. The van der Waals surface area contributed by atoms with Gasteiger partial charge in [-0.2, -0.15) is 0 Å². The second-order valence-corrected chi connectivity index (χ2v) is 6.85. The molecule has 2 aromatic rings. The van der Waals surface area contributed by atoms with E-state index in [0.29, 0.717) is 42.2 Å². The number of ether oxygens (including phenoxy) is 3. The van der Waals surface area contributed by atoms with E-state index in [1.807, 2.05) is 0 Å². The van der Waals surface area contributed by atoms with E-state index < -0.39 is 17.7 Å². The lowest BCUT2D eigenvalue weighted by Crippen LogP contribution is -2.31. The van der Waals surface area contributed by atoms with Crippen LogP contribution < -0.4 is 9.47 Å². The molecule has 1 fully saturated rings. The highest BCUT2D eigenvalue weighted by atomic mass is 16.5. The van der Waals surface area contributed by atoms with Crippen LogP contribution in [0.3, 0.4) is 0 Å². The summed E-state index contributed by atoms with van der Waals surface area (Å²) in [5.41, 5.74) is 1.12. The van der Waals surface area contributed by atoms with Crippen molar-refractivity contribution in [2.24, 2.45) is 0 Å². The summed E-state index contributed by atoms with van der Waals surface area (Å²) in [6.07, 6.45) is 0.559. The fraction of sp³-hybridized carbons (Fsp3) is 0.304. The van der Waals surface area contributed by atoms with Gasteiger partial charge in [0.2, 0.25) is 0 Å². The van der Waals surface area contributed by atoms with Crippen LogP contribution in [0.2, 0.25) is 0 Å². The van der Waals surface area contributed by atoms with Crippen LogP contribution in [-0.2, 0) is 14.3 Å². The molecular weight excluding hydrogens is 386 g/mol. The van der Waals surface area contributed by atoms with Gasteiger partial charge in [-0.1, -0.05) is 24.3 Å². The van der Waals surface area contributed by atoms with Crippen molar-refractivity contribution in [2.75, 3.05) is 34.5 Å². The topological polar surface area (TPSA) is 85.3 Å². The number of likely N-dealkylation sites (tertiary alicyclic amines) is 1. The molecule has 0 aliphatic carbocycles. The van der Waals surface area contributed by atoms with E-state index >= 15 is 0 Å². The maximum Gasteiger partial charge on any atom is 0.295 e. The molecule has 1 aliphatic rings. The van der Waals surface area contributed by atoms with Crippen molar-refractivity contribution in [3.63, 3.8) is 0 Å². The van der Waals surface area contributed by atoms with Gasteiger partial charge >= 0.3 is 0 Å². The first-order chi connectivity index (χ1) is 14.5. The molecule has 1 heterocycles. The molecule has 1 aliphatic heterocycles. The van der Waals surface area contributed by atoms with Gasteiger partial charge in [-0.05, 0) is 36.2 Å². The number of hydrogen-bond donors (Lipinski definition) is 1. The van der Waals surface area contributed by atoms with Crippen LogP contribution in [-0.4, -0.2) is 56.2 Å². The smallest absolute Gasteiger partial charge is 0.295 e. The number of carbonyl (C=O) groups is 2. The Morgan fingerprint density at radius 1 is 1.00 bits per heavy atom. The lowest BCUT2D eigenvalue weighted by Gasteiger charge is -2.25. The zero-order valence-electron chi connectivity index (χ0n) is 17.3. The van der Waals surface area contributed by atoms with Crippen molar-refractivity contribution >= 4 is 17.4 Å². The number of methoxy groups -OCH3 is 3. The average molecular weight is 411 g/mol. The van der Waals surface area contributed by atoms with Gasteiger partial charge in [-0.25, -0.2) is 0 Å². The molecule has 158 valence electrons. The molecule has 2 aromatic carbocycles. The summed E-state index contributed by atoms with van der Waals surface area (Å²) in [5, 5.41) is 11.0. The first-order valence-electron chi connectivity index (χ1n) is 9.57. The van der Waals surface area contributed by atoms with E-state index in [0.717, 1.165) is 0 Å². The summed E-state index contributed by atoms with van der Waals surface area (Å²) in [4.78, 5) is 27.3. The van der Waals surface area contributed by atoms with Gasteiger partial charge in [0.15, 0.2) is 0 Å². The van der Waals surface area contributed by atoms with Gasteiger partial charge < -0.3 is 24.2 Å². The second-order valence-electron chi connectivity index (χ2n) is 6.85. The first-order valence-corrected chi connectivity index (χ1v) is 9.57. The Balaban J connectivity index is 2.14. The van der Waals surface area contributed by atoms with Crippen LogP contribution in [0.4, 0.5) is 0 Å². The maximum absolute atomic E-state index is 13.0. The highest BCUT2D eigenvalue weighted by molar-refractivity contribution is 6.46. The van der Waals surface area contributed by atoms with Gasteiger partial charge in [0.25, 0.3) is 11.7 Å². The van der Waals surface area contributed by atoms with E-state index in [1.54, 1.807) is 62.8 Å². The molecule has 0 aromatic heterocycles. The number of aliphatic hydroxyl groups excluding tert-OH is 1. The molecule has 1 unspecified atom stereocenters. The Hall–Kier alpha value is -3.32. The van der Waals surface area contributed by atoms with Crippen LogP contribution in [0.15, 0.2) is 54.1 Å². The van der Waals surface area contributed by atoms with Crippen molar-refractivity contribution in [1.29, 1.82) is 0 Å². The van der Waals surface area contributed by atoms with Crippen LogP contribution in [0.1, 0.15) is 23.6 Å². The quantitative estimate of drug-likeness (QED) is 0.311. The summed E-state index contributed by atoms with van der Waals surface area (Å²) in [6, 6.07) is 13.1. The number of Topliss-reactive ketones (excluding diaryl/α,β-unsaturated/α-hetero) is 1. The molecular formula is C23H25NO6. The summed E-state index contributed by atoms with van der Waals surface area (Å²) in [5.74, 6) is -0.485. The maximum atomic E-state index is 13.0. The number of amides is 1. The zero-order valence-corrected chi connectivity index (χ0v) is 17.3. The Morgan fingerprint density at radius 2 is 1.67 bits per heavy atom. The van der Waals surface area contributed by atoms with Crippen molar-refractivity contribution in [3.05, 3.63) is 65.2 Å². The van der Waals surface area contributed by atoms with Gasteiger partial charge in [-0.15, -0.1) is 0 Å². The van der Waals surface area contributed by atoms with Crippen LogP contribution >= 0.6 is 0 Å². The molecule has 0 radical (unpaired) electrons. The van der Waals surface area contributed by atoms with Crippen molar-refractivity contribution in [2.45, 2.75) is 12.5 Å². The highest BCUT2D eigenvalue weighted by Gasteiger charge is 2.45. The molecule has 30 heavy (non-hydrogen) atoms. The fourth-order valence-corrected chi connectivity index (χ4v) is 3.57. The summed E-state index contributed by atoms with van der Waals surface area (Å²) < 4.78 is 15.6. The predicted octanol–water partition coefficient (Wildman–Crippen LogP) is 3.16. The Labute approximate surface area is 175 Å². The number of benzene rings is 2. The number of aliphatic hydroxyl groups is 1. The average Bonchev–Trinajstić information content (AvgIpc) is 3.03. The van der Waals surface area contributed by atoms with Gasteiger partial charge in [0, 0.05) is 25.8 Å². The molecule has 7 heteroatoms. The van der Waals surface area contributed by atoms with Gasteiger partial charge in [0.05, 0.1) is 25.8 Å². The largest absolute Gasteiger partial charge is 0.507 e. The molecule has 0 bridgehead atoms. The zero-order chi connectivity index (χ0) is 21.7. The third-order valence-electron chi connectivity index (χ3n) is 5.04. The summed E-state index contributed by atoms with van der Waals surface area (Å²) in [7, 11) is 4.64. The number of hydrogen-bond acceptors (Lipinski definition) is 6. The molecule has 1 N–H and O–H groups in total. The number of rotatable bonds is 8. The van der Waals surface area contributed by atoms with E-state index in [1.165, 1.54) is 12.0 Å². The van der Waals surface area contributed by atoms with Crippen molar-refractivity contribution < 1.29 is 28.9 Å². The van der Waals surface area contributed by atoms with Crippen LogP contribution in [0, 0.1) is 0 Å². The molecule has 3 rings (SSSR count). The minimum absolute atomic E-state index is 0.0407. The molecule has 1 saturated heterocycles. The Kier molecular flexibility index (Phi) is 6.74. The number of carbonyl (C=O) groups excluding carboxylic acids is 2. The molecule has 7 nitrogen and oxygen atoms in total. The van der Waals surface area contributed by atoms with Crippen molar-refractivity contribution in [3.8, 4) is 11.5 Å². The Bertz CT molecular complexity index is 968. The Morgan fingerprint density at radius 3 is 2.33 bits per heavy atom. The van der Waals surface area contributed by atoms with E-state index in [4.69, 9.17) is 14.2 Å². The first kappa shape index (κ1) is 21.4. The standard InChI is InChI=1S/C23H25NO6/c1-28-12-6-11-24-20(15-7-4-9-17(13-15)29-2)19(22(26)23(24)27)21(25)16-8-5-10-18(14-16)30-3/h4-5,7-10,13-14,20,25H,6,11-12H2,1-3H3/b21-19+.